The van der Waals surface area contributed by atoms with E-state index in [0.717, 1.165) is 6.42 Å². The largest absolute Gasteiger partial charge is 0.396 e. The molecule has 1 atom stereocenters. The molecule has 0 radical (unpaired) electrons. The summed E-state index contributed by atoms with van der Waals surface area (Å²) >= 11 is 0. The molecule has 0 amide bonds. The van der Waals surface area contributed by atoms with Gasteiger partial charge in [-0.25, -0.2) is 0 Å². The minimum atomic E-state index is -3.67. The van der Waals surface area contributed by atoms with Crippen molar-refractivity contribution in [2.45, 2.75) is 19.4 Å². The SMILES string of the molecule is COC(C)CCO.CS(=O)(=O)O. The highest BCUT2D eigenvalue weighted by atomic mass is 32.2. The lowest BCUT2D eigenvalue weighted by molar-refractivity contribution is 0.0917. The Labute approximate surface area is 73.1 Å². The van der Waals surface area contributed by atoms with Crippen molar-refractivity contribution in [2.24, 2.45) is 0 Å². The van der Waals surface area contributed by atoms with E-state index in [9.17, 15) is 8.42 Å². The summed E-state index contributed by atoms with van der Waals surface area (Å²) in [6, 6.07) is 0. The molecule has 0 aliphatic carbocycles. The van der Waals surface area contributed by atoms with Crippen molar-refractivity contribution in [3.05, 3.63) is 0 Å². The molecule has 76 valence electrons. The fraction of sp³-hybridized carbons (Fsp3) is 1.00. The van der Waals surface area contributed by atoms with E-state index >= 15 is 0 Å². The second-order valence-electron chi connectivity index (χ2n) is 2.29. The van der Waals surface area contributed by atoms with Crippen molar-refractivity contribution in [2.75, 3.05) is 20.0 Å². The van der Waals surface area contributed by atoms with Gasteiger partial charge in [-0.15, -0.1) is 0 Å². The first-order valence-electron chi connectivity index (χ1n) is 3.37. The minimum Gasteiger partial charge on any atom is -0.396 e. The molecule has 0 aromatic rings. The second kappa shape index (κ2) is 7.48. The predicted octanol–water partition coefficient (Wildman–Crippen LogP) is -0.0923. The number of hydrogen-bond donors (Lipinski definition) is 2. The van der Waals surface area contributed by atoms with Gasteiger partial charge in [-0.05, 0) is 13.3 Å². The quantitative estimate of drug-likeness (QED) is 0.622. The number of ether oxygens (including phenoxy) is 1. The highest BCUT2D eigenvalue weighted by molar-refractivity contribution is 7.85. The summed E-state index contributed by atoms with van der Waals surface area (Å²) in [5, 5.41) is 8.29. The Hall–Kier alpha value is -0.170. The van der Waals surface area contributed by atoms with Gasteiger partial charge in [0.2, 0.25) is 0 Å². The molecule has 5 nitrogen and oxygen atoms in total. The van der Waals surface area contributed by atoms with E-state index in [1.807, 2.05) is 6.92 Å². The van der Waals surface area contributed by atoms with Crippen LogP contribution >= 0.6 is 0 Å². The van der Waals surface area contributed by atoms with Crippen LogP contribution in [0.3, 0.4) is 0 Å². The van der Waals surface area contributed by atoms with E-state index in [4.69, 9.17) is 14.4 Å². The summed E-state index contributed by atoms with van der Waals surface area (Å²) in [7, 11) is -2.03. The lowest BCUT2D eigenvalue weighted by atomic mass is 10.3. The van der Waals surface area contributed by atoms with Crippen molar-refractivity contribution in [3.63, 3.8) is 0 Å². The van der Waals surface area contributed by atoms with Crippen LogP contribution in [0.2, 0.25) is 0 Å². The molecule has 12 heavy (non-hydrogen) atoms. The summed E-state index contributed by atoms with van der Waals surface area (Å²) in [6.45, 7) is 2.14. The normalized spacial score (nSPS) is 13.1. The molecule has 0 fully saturated rings. The minimum absolute atomic E-state index is 0.199. The van der Waals surface area contributed by atoms with Gasteiger partial charge in [-0.2, -0.15) is 8.42 Å². The van der Waals surface area contributed by atoms with Crippen molar-refractivity contribution in [1.82, 2.24) is 0 Å². The highest BCUT2D eigenvalue weighted by Gasteiger charge is 1.93. The van der Waals surface area contributed by atoms with Gasteiger partial charge in [0.1, 0.15) is 0 Å². The molecule has 0 aromatic carbocycles. The maximum absolute atomic E-state index is 9.19. The molecule has 1 unspecified atom stereocenters. The van der Waals surface area contributed by atoms with Crippen molar-refractivity contribution in [1.29, 1.82) is 0 Å². The molecule has 6 heteroatoms. The van der Waals surface area contributed by atoms with Gasteiger partial charge in [0.25, 0.3) is 10.1 Å². The van der Waals surface area contributed by atoms with Gasteiger partial charge < -0.3 is 9.84 Å². The predicted molar refractivity (Wildman–Crippen MR) is 45.6 cm³/mol. The van der Waals surface area contributed by atoms with Crippen LogP contribution < -0.4 is 0 Å². The van der Waals surface area contributed by atoms with Crippen LogP contribution in [-0.4, -0.2) is 44.2 Å². The van der Waals surface area contributed by atoms with E-state index in [2.05, 4.69) is 0 Å². The first kappa shape index (κ1) is 14.4. The average Bonchev–Trinajstić information content (AvgIpc) is 1.85. The Morgan fingerprint density at radius 3 is 1.92 bits per heavy atom. The summed E-state index contributed by atoms with van der Waals surface area (Å²) in [6.07, 6.45) is 1.65. The van der Waals surface area contributed by atoms with Crippen molar-refractivity contribution in [3.8, 4) is 0 Å². The van der Waals surface area contributed by atoms with Crippen LogP contribution in [0.1, 0.15) is 13.3 Å². The third-order valence-electron chi connectivity index (χ3n) is 0.938. The van der Waals surface area contributed by atoms with Crippen LogP contribution in [0.5, 0.6) is 0 Å². The molecule has 0 bridgehead atoms. The van der Waals surface area contributed by atoms with Crippen molar-refractivity contribution >= 4 is 10.1 Å². The Bertz CT molecular complexity index is 166. The highest BCUT2D eigenvalue weighted by Crippen LogP contribution is 1.90. The molecule has 0 rings (SSSR count). The maximum Gasteiger partial charge on any atom is 0.261 e. The smallest absolute Gasteiger partial charge is 0.261 e. The molecule has 2 N–H and O–H groups in total. The number of aliphatic hydroxyl groups excluding tert-OH is 1. The molecule has 0 saturated heterocycles. The van der Waals surface area contributed by atoms with E-state index < -0.39 is 10.1 Å². The van der Waals surface area contributed by atoms with Gasteiger partial charge in [0.15, 0.2) is 0 Å². The standard InChI is InChI=1S/C5H12O2.CH4O3S/c1-5(7-2)3-4-6;1-5(2,3)4/h5-6H,3-4H2,1-2H3;1H3,(H,2,3,4). The van der Waals surface area contributed by atoms with E-state index in [0.29, 0.717) is 6.26 Å². The van der Waals surface area contributed by atoms with E-state index in [1.165, 1.54) is 0 Å². The first-order chi connectivity index (χ1) is 5.31. The van der Waals surface area contributed by atoms with Crippen LogP contribution in [0, 0.1) is 0 Å². The number of aliphatic hydroxyl groups is 1. The fourth-order valence-corrected chi connectivity index (χ4v) is 0.300. The zero-order chi connectivity index (χ0) is 10.2. The number of hydrogen-bond acceptors (Lipinski definition) is 4. The fourth-order valence-electron chi connectivity index (χ4n) is 0.300. The Balaban J connectivity index is 0. The zero-order valence-electron chi connectivity index (χ0n) is 7.52. The van der Waals surface area contributed by atoms with Gasteiger partial charge in [-0.3, -0.25) is 4.55 Å². The Morgan fingerprint density at radius 1 is 1.50 bits per heavy atom. The Morgan fingerprint density at radius 2 is 1.83 bits per heavy atom. The molecular formula is C6H16O5S. The topological polar surface area (TPSA) is 83.8 Å². The Kier molecular flexibility index (Phi) is 8.95. The summed E-state index contributed by atoms with van der Waals surface area (Å²) in [5.74, 6) is 0. The van der Waals surface area contributed by atoms with E-state index in [1.54, 1.807) is 7.11 Å². The third-order valence-corrected chi connectivity index (χ3v) is 0.938. The molecule has 0 aromatic heterocycles. The van der Waals surface area contributed by atoms with Crippen LogP contribution in [-0.2, 0) is 14.9 Å². The van der Waals surface area contributed by atoms with Gasteiger partial charge >= 0.3 is 0 Å². The molecule has 0 saturated carbocycles. The molecule has 0 heterocycles. The monoisotopic (exact) mass is 200 g/mol. The van der Waals surface area contributed by atoms with E-state index in [-0.39, 0.29) is 12.7 Å². The average molecular weight is 200 g/mol. The number of methoxy groups -OCH3 is 1. The second-order valence-corrected chi connectivity index (χ2v) is 3.76. The molecular weight excluding hydrogens is 184 g/mol. The molecule has 0 spiro atoms. The van der Waals surface area contributed by atoms with Gasteiger partial charge in [0.05, 0.1) is 12.4 Å². The van der Waals surface area contributed by atoms with Crippen LogP contribution in [0.25, 0.3) is 0 Å². The lowest BCUT2D eigenvalue weighted by Crippen LogP contribution is -2.05. The van der Waals surface area contributed by atoms with Crippen molar-refractivity contribution < 1.29 is 22.8 Å². The van der Waals surface area contributed by atoms with Crippen LogP contribution in [0.4, 0.5) is 0 Å². The van der Waals surface area contributed by atoms with Gasteiger partial charge in [-0.1, -0.05) is 0 Å². The zero-order valence-corrected chi connectivity index (χ0v) is 8.34. The van der Waals surface area contributed by atoms with Crippen LogP contribution in [0.15, 0.2) is 0 Å². The maximum atomic E-state index is 9.19. The molecule has 0 aliphatic rings. The summed E-state index contributed by atoms with van der Waals surface area (Å²) in [4.78, 5) is 0. The molecule has 0 aliphatic heterocycles. The first-order valence-corrected chi connectivity index (χ1v) is 5.22. The third kappa shape index (κ3) is 32.9. The summed E-state index contributed by atoms with van der Waals surface area (Å²) < 4.78 is 30.7. The summed E-state index contributed by atoms with van der Waals surface area (Å²) in [5.41, 5.74) is 0. The number of rotatable bonds is 3. The lowest BCUT2D eigenvalue weighted by Gasteiger charge is -2.04. The van der Waals surface area contributed by atoms with Gasteiger partial charge in [0, 0.05) is 13.7 Å².